The molecule has 0 aliphatic carbocycles. The van der Waals surface area contributed by atoms with Gasteiger partial charge in [-0.25, -0.2) is 0 Å². The maximum absolute atomic E-state index is 12.6. The second-order valence-electron chi connectivity index (χ2n) is 10.8. The van der Waals surface area contributed by atoms with Gasteiger partial charge in [-0.05, 0) is 18.8 Å². The number of hydrogen-bond acceptors (Lipinski definition) is 9. The number of carbonyl (C=O) groups is 4. The van der Waals surface area contributed by atoms with Crippen LogP contribution in [-0.4, -0.2) is 113 Å². The number of hydrogen-bond donors (Lipinski definition) is 0. The molecule has 43 heavy (non-hydrogen) atoms. The molecule has 0 saturated carbocycles. The van der Waals surface area contributed by atoms with Gasteiger partial charge in [-0.2, -0.15) is 0 Å². The number of nitrogens with zero attached hydrogens (tertiary/aromatic N) is 2. The van der Waals surface area contributed by atoms with Gasteiger partial charge in [0.2, 0.25) is 11.8 Å². The van der Waals surface area contributed by atoms with Crippen molar-refractivity contribution in [2.24, 2.45) is 11.8 Å². The normalized spacial score (nSPS) is 22.0. The lowest BCUT2D eigenvalue weighted by molar-refractivity contribution is -0.148. The van der Waals surface area contributed by atoms with Gasteiger partial charge in [0.1, 0.15) is 25.4 Å². The molecular formula is C32H48N2O9. The third-order valence-corrected chi connectivity index (χ3v) is 7.50. The topological polar surface area (TPSA) is 121 Å². The predicted octanol–water partition coefficient (Wildman–Crippen LogP) is 2.20. The molecular weight excluding hydrogens is 556 g/mol. The molecule has 0 radical (unpaired) electrons. The summed E-state index contributed by atoms with van der Waals surface area (Å²) in [5.41, 5.74) is 0. The van der Waals surface area contributed by atoms with Crippen molar-refractivity contribution >= 4 is 23.8 Å². The molecule has 240 valence electrons. The molecule has 0 bridgehead atoms. The van der Waals surface area contributed by atoms with Gasteiger partial charge in [0.05, 0.1) is 26.2 Å². The van der Waals surface area contributed by atoms with Gasteiger partial charge >= 0.3 is 11.9 Å². The number of amides is 2. The Bertz CT molecular complexity index is 1030. The largest absolute Gasteiger partial charge is 0.463 e. The number of esters is 2. The summed E-state index contributed by atoms with van der Waals surface area (Å²) in [4.78, 5) is 52.8. The van der Waals surface area contributed by atoms with Gasteiger partial charge in [0.25, 0.3) is 0 Å². The van der Waals surface area contributed by atoms with Crippen LogP contribution in [-0.2, 0) is 42.9 Å². The zero-order chi connectivity index (χ0) is 31.5. The molecule has 11 nitrogen and oxygen atoms in total. The summed E-state index contributed by atoms with van der Waals surface area (Å²) < 4.78 is 26.4. The summed E-state index contributed by atoms with van der Waals surface area (Å²) >= 11 is 0. The highest BCUT2D eigenvalue weighted by atomic mass is 16.6. The Morgan fingerprint density at radius 3 is 1.93 bits per heavy atom. The number of ether oxygens (including phenoxy) is 5. The number of unbranched alkanes of at least 4 members (excludes halogenated alkanes) is 1. The third-order valence-electron chi connectivity index (χ3n) is 7.50. The molecule has 2 aliphatic rings. The first-order valence-corrected chi connectivity index (χ1v) is 15.2. The maximum Gasteiger partial charge on any atom is 0.306 e. The van der Waals surface area contributed by atoms with Gasteiger partial charge in [-0.3, -0.25) is 19.2 Å². The Labute approximate surface area is 256 Å². The predicted molar refractivity (Wildman–Crippen MR) is 158 cm³/mol. The molecule has 0 saturated heterocycles. The Morgan fingerprint density at radius 1 is 0.698 bits per heavy atom. The summed E-state index contributed by atoms with van der Waals surface area (Å²) in [5, 5.41) is 0. The molecule has 0 aromatic heterocycles. The zero-order valence-electron chi connectivity index (χ0n) is 26.2. The van der Waals surface area contributed by atoms with E-state index in [0.717, 1.165) is 6.54 Å². The number of carbonyl (C=O) groups excluding carboxylic acids is 4. The SMILES string of the molecule is CO[C@H]1C#CCCN(C(=O)CCC(=O)OCCOCCOC(=O)CCCCC(=O)N2CCC#C[C@H](C)[C@@H](C)C2)C[C@@H]1OC. The summed E-state index contributed by atoms with van der Waals surface area (Å²) in [6.45, 7) is 6.84. The second-order valence-corrected chi connectivity index (χ2v) is 10.8. The molecule has 0 N–H and O–H groups in total. The lowest BCUT2D eigenvalue weighted by atomic mass is 9.94. The summed E-state index contributed by atoms with van der Waals surface area (Å²) in [5.74, 6) is 12.1. The number of methoxy groups -OCH3 is 2. The van der Waals surface area contributed by atoms with E-state index < -0.39 is 12.1 Å². The molecule has 2 amide bonds. The lowest BCUT2D eigenvalue weighted by Gasteiger charge is -2.30. The van der Waals surface area contributed by atoms with Crippen molar-refractivity contribution in [1.82, 2.24) is 9.80 Å². The lowest BCUT2D eigenvalue weighted by Crippen LogP contribution is -2.44. The minimum Gasteiger partial charge on any atom is -0.463 e. The van der Waals surface area contributed by atoms with Gasteiger partial charge < -0.3 is 33.5 Å². The maximum atomic E-state index is 12.6. The molecule has 11 heteroatoms. The van der Waals surface area contributed by atoms with Crippen LogP contribution in [0.4, 0.5) is 0 Å². The van der Waals surface area contributed by atoms with E-state index >= 15 is 0 Å². The minimum absolute atomic E-state index is 0.0250. The summed E-state index contributed by atoms with van der Waals surface area (Å²) in [6, 6.07) is 0. The van der Waals surface area contributed by atoms with E-state index in [1.54, 1.807) is 19.1 Å². The van der Waals surface area contributed by atoms with Gasteiger partial charge in [-0.1, -0.05) is 31.6 Å². The molecule has 0 spiro atoms. The van der Waals surface area contributed by atoms with Crippen LogP contribution in [0.15, 0.2) is 0 Å². The van der Waals surface area contributed by atoms with Crippen molar-refractivity contribution in [3.05, 3.63) is 0 Å². The molecule has 0 unspecified atom stereocenters. The van der Waals surface area contributed by atoms with Crippen LogP contribution in [0.5, 0.6) is 0 Å². The first kappa shape index (κ1) is 36.1. The van der Waals surface area contributed by atoms with E-state index in [9.17, 15) is 19.2 Å². The van der Waals surface area contributed by atoms with E-state index in [-0.39, 0.29) is 75.5 Å². The first-order chi connectivity index (χ1) is 20.7. The fourth-order valence-electron chi connectivity index (χ4n) is 4.63. The molecule has 0 aromatic rings. The van der Waals surface area contributed by atoms with Crippen molar-refractivity contribution in [2.45, 2.75) is 77.4 Å². The van der Waals surface area contributed by atoms with Crippen molar-refractivity contribution < 1.29 is 42.9 Å². The highest BCUT2D eigenvalue weighted by Crippen LogP contribution is 2.16. The monoisotopic (exact) mass is 604 g/mol. The van der Waals surface area contributed by atoms with Crippen LogP contribution in [0, 0.1) is 35.5 Å². The van der Waals surface area contributed by atoms with Crippen LogP contribution in [0.1, 0.15) is 65.2 Å². The van der Waals surface area contributed by atoms with E-state index in [1.165, 1.54) is 0 Å². The molecule has 2 aliphatic heterocycles. The van der Waals surface area contributed by atoms with Crippen LogP contribution < -0.4 is 0 Å². The second kappa shape index (κ2) is 20.7. The van der Waals surface area contributed by atoms with Crippen molar-refractivity contribution in [2.75, 3.05) is 66.8 Å². The smallest absolute Gasteiger partial charge is 0.306 e. The van der Waals surface area contributed by atoms with Crippen LogP contribution >= 0.6 is 0 Å². The quantitative estimate of drug-likeness (QED) is 0.148. The van der Waals surface area contributed by atoms with Crippen molar-refractivity contribution in [1.29, 1.82) is 0 Å². The average molecular weight is 605 g/mol. The minimum atomic E-state index is -0.490. The molecule has 4 atom stereocenters. The van der Waals surface area contributed by atoms with Gasteiger partial charge in [-0.15, -0.1) is 5.92 Å². The molecule has 0 fully saturated rings. The van der Waals surface area contributed by atoms with E-state index in [1.807, 2.05) is 4.90 Å². The Morgan fingerprint density at radius 2 is 1.28 bits per heavy atom. The Hall–Kier alpha value is -3.12. The highest BCUT2D eigenvalue weighted by molar-refractivity contribution is 5.81. The number of rotatable bonds is 16. The molecule has 0 aromatic carbocycles. The Kier molecular flexibility index (Phi) is 17.4. The fraction of sp³-hybridized carbons (Fsp3) is 0.750. The average Bonchev–Trinajstić information content (AvgIpc) is 2.98. The zero-order valence-corrected chi connectivity index (χ0v) is 26.2. The van der Waals surface area contributed by atoms with Gasteiger partial charge in [0, 0.05) is 71.9 Å². The van der Waals surface area contributed by atoms with Crippen molar-refractivity contribution in [3.8, 4) is 23.7 Å². The molecule has 2 heterocycles. The highest BCUT2D eigenvalue weighted by Gasteiger charge is 2.26. The standard InChI is InChI=1S/C32H48N2O9/c1-25-11-7-9-17-33(23-26(25)2)29(35)13-5-6-14-31(37)42-21-19-41-20-22-43-32(38)16-15-30(36)34-18-10-8-12-27(39-3)28(24-34)40-4/h25-28H,5-6,9-10,13-24H2,1-4H3/t25-,26-,27-,28-/m0/s1. The first-order valence-electron chi connectivity index (χ1n) is 15.2. The Balaban J connectivity index is 1.48. The van der Waals surface area contributed by atoms with Gasteiger partial charge in [0.15, 0.2) is 0 Å². The van der Waals surface area contributed by atoms with Crippen molar-refractivity contribution in [3.63, 3.8) is 0 Å². The third kappa shape index (κ3) is 14.3. The van der Waals surface area contributed by atoms with Crippen LogP contribution in [0.2, 0.25) is 0 Å². The molecule has 2 rings (SSSR count). The van der Waals surface area contributed by atoms with Crippen LogP contribution in [0.25, 0.3) is 0 Å². The fourth-order valence-corrected chi connectivity index (χ4v) is 4.63. The van der Waals surface area contributed by atoms with E-state index in [2.05, 4.69) is 37.5 Å². The summed E-state index contributed by atoms with van der Waals surface area (Å²) in [7, 11) is 3.10. The van der Waals surface area contributed by atoms with E-state index in [0.29, 0.717) is 57.7 Å². The van der Waals surface area contributed by atoms with E-state index in [4.69, 9.17) is 23.7 Å². The summed E-state index contributed by atoms with van der Waals surface area (Å²) in [6.07, 6.45) is 2.28. The van der Waals surface area contributed by atoms with Crippen LogP contribution in [0.3, 0.4) is 0 Å².